The van der Waals surface area contributed by atoms with Crippen LogP contribution in [0.5, 0.6) is 0 Å². The highest BCUT2D eigenvalue weighted by Gasteiger charge is 2.15. The van der Waals surface area contributed by atoms with Crippen LogP contribution in [0.15, 0.2) is 72.9 Å². The third-order valence-corrected chi connectivity index (χ3v) is 12.5. The van der Waals surface area contributed by atoms with Crippen LogP contribution in [0.1, 0.15) is 284 Å². The van der Waals surface area contributed by atoms with Gasteiger partial charge in [-0.25, -0.2) is 0 Å². The summed E-state index contributed by atoms with van der Waals surface area (Å²) in [6.07, 6.45) is 77.9. The third-order valence-electron chi connectivity index (χ3n) is 12.5. The van der Waals surface area contributed by atoms with Crippen molar-refractivity contribution >= 4 is 11.9 Å². The number of carbonyl (C=O) groups excluding carboxylic acids is 2. The Labute approximate surface area is 410 Å². The first-order chi connectivity index (χ1) is 32.6. The molecule has 0 aliphatic rings. The van der Waals surface area contributed by atoms with Gasteiger partial charge in [0, 0.05) is 12.8 Å². The fourth-order valence-electron chi connectivity index (χ4n) is 8.25. The molecule has 0 radical (unpaired) electrons. The van der Waals surface area contributed by atoms with Gasteiger partial charge >= 0.3 is 11.9 Å². The van der Waals surface area contributed by atoms with E-state index in [2.05, 4.69) is 74.6 Å². The number of esters is 2. The average molecular weight is 922 g/mol. The molecule has 0 amide bonds. The average Bonchev–Trinajstić information content (AvgIpc) is 3.32. The molecule has 1 N–H and O–H groups in total. The van der Waals surface area contributed by atoms with Crippen molar-refractivity contribution in [3.63, 3.8) is 0 Å². The number of carbonyl (C=O) groups is 2. The second-order valence-corrected chi connectivity index (χ2v) is 19.0. The molecule has 0 spiro atoms. The lowest BCUT2D eigenvalue weighted by atomic mass is 10.0. The molecular formula is C61H108O5. The summed E-state index contributed by atoms with van der Waals surface area (Å²) >= 11 is 0. The number of hydrogen-bond acceptors (Lipinski definition) is 5. The van der Waals surface area contributed by atoms with Crippen LogP contribution in [-0.2, 0) is 19.1 Å². The van der Waals surface area contributed by atoms with Crippen LogP contribution in [0.2, 0.25) is 0 Å². The van der Waals surface area contributed by atoms with Gasteiger partial charge in [0.1, 0.15) is 6.61 Å². The zero-order valence-corrected chi connectivity index (χ0v) is 43.7. The van der Waals surface area contributed by atoms with E-state index < -0.39 is 12.1 Å². The Morgan fingerprint density at radius 3 is 1.05 bits per heavy atom. The van der Waals surface area contributed by atoms with E-state index in [-0.39, 0.29) is 25.6 Å². The van der Waals surface area contributed by atoms with Crippen molar-refractivity contribution in [1.82, 2.24) is 0 Å². The van der Waals surface area contributed by atoms with Crippen LogP contribution in [0.4, 0.5) is 0 Å². The van der Waals surface area contributed by atoms with Gasteiger partial charge in [0.15, 0.2) is 6.10 Å². The fourth-order valence-corrected chi connectivity index (χ4v) is 8.25. The molecular weight excluding hydrogens is 813 g/mol. The Morgan fingerprint density at radius 2 is 0.682 bits per heavy atom. The monoisotopic (exact) mass is 921 g/mol. The van der Waals surface area contributed by atoms with E-state index in [0.717, 1.165) is 51.4 Å². The molecule has 1 atom stereocenters. The van der Waals surface area contributed by atoms with Crippen LogP contribution in [0.25, 0.3) is 0 Å². The van der Waals surface area contributed by atoms with E-state index in [0.29, 0.717) is 12.8 Å². The van der Waals surface area contributed by atoms with Crippen LogP contribution in [-0.4, -0.2) is 36.4 Å². The highest BCUT2D eigenvalue weighted by molar-refractivity contribution is 5.70. The van der Waals surface area contributed by atoms with Gasteiger partial charge in [0.25, 0.3) is 0 Å². The maximum absolute atomic E-state index is 12.2. The van der Waals surface area contributed by atoms with E-state index in [1.807, 2.05) is 12.2 Å². The molecule has 5 nitrogen and oxygen atoms in total. The zero-order chi connectivity index (χ0) is 47.7. The summed E-state index contributed by atoms with van der Waals surface area (Å²) in [5, 5.41) is 9.59. The number of aliphatic hydroxyl groups excluding tert-OH is 1. The lowest BCUT2D eigenvalue weighted by Gasteiger charge is -2.15. The maximum atomic E-state index is 12.2. The third kappa shape index (κ3) is 54.0. The normalized spacial score (nSPS) is 12.7. The fraction of sp³-hybridized carbons (Fsp3) is 0.770. The second-order valence-electron chi connectivity index (χ2n) is 19.0. The molecule has 5 heteroatoms. The molecule has 0 bridgehead atoms. The predicted molar refractivity (Wildman–Crippen MR) is 288 cm³/mol. The van der Waals surface area contributed by atoms with E-state index in [4.69, 9.17) is 9.47 Å². The molecule has 0 rings (SSSR count). The lowest BCUT2D eigenvalue weighted by Crippen LogP contribution is -2.28. The highest BCUT2D eigenvalue weighted by atomic mass is 16.6. The van der Waals surface area contributed by atoms with Crippen LogP contribution in [0, 0.1) is 0 Å². The zero-order valence-electron chi connectivity index (χ0n) is 43.7. The molecule has 66 heavy (non-hydrogen) atoms. The first-order valence-electron chi connectivity index (χ1n) is 28.5. The SMILES string of the molecule is CC/C=C\C/C=C\C/C=C\C/C=C\CCC(=O)OC(CO)COC(=O)CCCCCCCCCCCCCCCCCCCCCCCCCCCCC/C=C\C/C=C\CCCCCCC. The Balaban J connectivity index is 3.39. The van der Waals surface area contributed by atoms with Crippen LogP contribution >= 0.6 is 0 Å². The Hall–Kier alpha value is -2.66. The topological polar surface area (TPSA) is 72.8 Å². The van der Waals surface area contributed by atoms with Crippen LogP contribution < -0.4 is 0 Å². The minimum Gasteiger partial charge on any atom is -0.462 e. The standard InChI is InChI=1S/C61H108O5/c1-3-5-7-9-11-13-15-17-18-19-20-21-22-23-24-25-26-27-28-29-30-31-32-33-34-35-36-37-38-39-40-41-42-44-45-47-49-51-53-55-60(63)65-58-59(57-62)66-61(64)56-54-52-50-48-46-43-16-14-12-10-8-6-4-2/h6,8,12,14-15,17,19-20,43,46,50,52,59,62H,3-5,7,9-11,13,16,18,21-42,44-45,47-49,51,53-58H2,1-2H3/b8-6-,14-12-,17-15-,20-19-,46-43-,52-50-. The number of allylic oxidation sites excluding steroid dienone is 12. The van der Waals surface area contributed by atoms with Crippen LogP contribution in [0.3, 0.4) is 0 Å². The molecule has 0 aromatic carbocycles. The van der Waals surface area contributed by atoms with E-state index in [1.165, 1.54) is 199 Å². The Bertz CT molecular complexity index is 1180. The smallest absolute Gasteiger partial charge is 0.306 e. The van der Waals surface area contributed by atoms with Crippen molar-refractivity contribution in [2.24, 2.45) is 0 Å². The molecule has 0 saturated carbocycles. The van der Waals surface area contributed by atoms with E-state index >= 15 is 0 Å². The van der Waals surface area contributed by atoms with Crippen molar-refractivity contribution in [3.8, 4) is 0 Å². The minimum absolute atomic E-state index is 0.0941. The minimum atomic E-state index is -0.810. The summed E-state index contributed by atoms with van der Waals surface area (Å²) in [6.45, 7) is 3.97. The van der Waals surface area contributed by atoms with Gasteiger partial charge in [-0.15, -0.1) is 0 Å². The summed E-state index contributed by atoms with van der Waals surface area (Å²) in [5.74, 6) is -0.679. The quantitative estimate of drug-likeness (QED) is 0.0374. The number of aliphatic hydroxyl groups is 1. The summed E-state index contributed by atoms with van der Waals surface area (Å²) in [5.41, 5.74) is 0. The van der Waals surface area contributed by atoms with Gasteiger partial charge in [0.05, 0.1) is 6.61 Å². The van der Waals surface area contributed by atoms with Crippen molar-refractivity contribution in [2.45, 2.75) is 290 Å². The van der Waals surface area contributed by atoms with Gasteiger partial charge in [-0.3, -0.25) is 9.59 Å². The summed E-state index contributed by atoms with van der Waals surface area (Å²) in [6, 6.07) is 0. The molecule has 0 aliphatic carbocycles. The molecule has 1 unspecified atom stereocenters. The summed E-state index contributed by atoms with van der Waals surface area (Å²) in [4.78, 5) is 24.3. The first-order valence-corrected chi connectivity index (χ1v) is 28.5. The van der Waals surface area contributed by atoms with Crippen molar-refractivity contribution in [1.29, 1.82) is 0 Å². The van der Waals surface area contributed by atoms with Gasteiger partial charge < -0.3 is 14.6 Å². The molecule has 0 heterocycles. The van der Waals surface area contributed by atoms with Gasteiger partial charge in [-0.2, -0.15) is 0 Å². The largest absolute Gasteiger partial charge is 0.462 e. The Kier molecular flexibility index (Phi) is 54.4. The predicted octanol–water partition coefficient (Wildman–Crippen LogP) is 19.2. The Morgan fingerprint density at radius 1 is 0.364 bits per heavy atom. The van der Waals surface area contributed by atoms with Crippen molar-refractivity contribution < 1.29 is 24.2 Å². The molecule has 0 aliphatic heterocycles. The van der Waals surface area contributed by atoms with Gasteiger partial charge in [-0.05, 0) is 70.6 Å². The number of hydrogen-bond donors (Lipinski definition) is 1. The molecule has 0 aromatic rings. The summed E-state index contributed by atoms with van der Waals surface area (Å²) in [7, 11) is 0. The van der Waals surface area contributed by atoms with Crippen molar-refractivity contribution in [2.75, 3.05) is 13.2 Å². The van der Waals surface area contributed by atoms with Gasteiger partial charge in [0.2, 0.25) is 0 Å². The van der Waals surface area contributed by atoms with Gasteiger partial charge in [-0.1, -0.05) is 273 Å². The molecule has 0 saturated heterocycles. The first kappa shape index (κ1) is 63.3. The number of rotatable bonds is 52. The maximum Gasteiger partial charge on any atom is 0.306 e. The highest BCUT2D eigenvalue weighted by Crippen LogP contribution is 2.17. The number of unbranched alkanes of at least 4 members (excludes halogenated alkanes) is 32. The van der Waals surface area contributed by atoms with Crippen molar-refractivity contribution in [3.05, 3.63) is 72.9 Å². The summed E-state index contributed by atoms with van der Waals surface area (Å²) < 4.78 is 10.6. The second kappa shape index (κ2) is 56.7. The number of ether oxygens (including phenoxy) is 2. The van der Waals surface area contributed by atoms with E-state index in [9.17, 15) is 14.7 Å². The molecule has 0 fully saturated rings. The molecule has 0 aromatic heterocycles. The van der Waals surface area contributed by atoms with E-state index in [1.54, 1.807) is 0 Å². The lowest BCUT2D eigenvalue weighted by molar-refractivity contribution is -0.161. The molecule has 382 valence electrons.